The molecule has 0 saturated heterocycles. The van der Waals surface area contributed by atoms with Crippen LogP contribution in [0.15, 0.2) is 47.1 Å². The SMILES string of the molecule is CC(C)c1ccc(C(O)CN[C@H](C)c2ccco2)cc1. The van der Waals surface area contributed by atoms with E-state index in [2.05, 4.69) is 31.3 Å². The molecule has 0 radical (unpaired) electrons. The van der Waals surface area contributed by atoms with Crippen LogP contribution in [0.2, 0.25) is 0 Å². The van der Waals surface area contributed by atoms with Crippen LogP contribution in [0.1, 0.15) is 55.7 Å². The van der Waals surface area contributed by atoms with Crippen molar-refractivity contribution in [3.63, 3.8) is 0 Å². The van der Waals surface area contributed by atoms with E-state index in [0.717, 1.165) is 11.3 Å². The molecule has 20 heavy (non-hydrogen) atoms. The van der Waals surface area contributed by atoms with Gasteiger partial charge in [0.1, 0.15) is 5.76 Å². The van der Waals surface area contributed by atoms with E-state index in [1.165, 1.54) is 5.56 Å². The lowest BCUT2D eigenvalue weighted by Crippen LogP contribution is -2.24. The molecule has 1 heterocycles. The van der Waals surface area contributed by atoms with Crippen LogP contribution in [0.3, 0.4) is 0 Å². The summed E-state index contributed by atoms with van der Waals surface area (Å²) in [5.41, 5.74) is 2.23. The summed E-state index contributed by atoms with van der Waals surface area (Å²) < 4.78 is 5.33. The van der Waals surface area contributed by atoms with Crippen molar-refractivity contribution in [2.45, 2.75) is 38.8 Å². The molecule has 3 nitrogen and oxygen atoms in total. The molecular formula is C17H23NO2. The van der Waals surface area contributed by atoms with Gasteiger partial charge in [-0.25, -0.2) is 0 Å². The Bertz CT molecular complexity index is 502. The molecule has 0 aliphatic heterocycles. The third kappa shape index (κ3) is 3.71. The molecule has 1 unspecified atom stereocenters. The van der Waals surface area contributed by atoms with Gasteiger partial charge < -0.3 is 14.8 Å². The Balaban J connectivity index is 1.89. The molecule has 0 spiro atoms. The Labute approximate surface area is 120 Å². The normalized spacial score (nSPS) is 14.4. The summed E-state index contributed by atoms with van der Waals surface area (Å²) >= 11 is 0. The molecule has 0 fully saturated rings. The fourth-order valence-corrected chi connectivity index (χ4v) is 2.15. The monoisotopic (exact) mass is 273 g/mol. The molecule has 2 atom stereocenters. The van der Waals surface area contributed by atoms with Gasteiger partial charge in [0.05, 0.1) is 18.4 Å². The van der Waals surface area contributed by atoms with Crippen molar-refractivity contribution in [2.24, 2.45) is 0 Å². The number of hydrogen-bond donors (Lipinski definition) is 2. The first-order valence-corrected chi connectivity index (χ1v) is 7.12. The largest absolute Gasteiger partial charge is 0.468 e. The number of rotatable bonds is 6. The number of hydrogen-bond acceptors (Lipinski definition) is 3. The minimum Gasteiger partial charge on any atom is -0.468 e. The molecule has 2 N–H and O–H groups in total. The molecule has 108 valence electrons. The van der Waals surface area contributed by atoms with E-state index in [0.29, 0.717) is 12.5 Å². The first-order chi connectivity index (χ1) is 9.58. The standard InChI is InChI=1S/C17H23NO2/c1-12(2)14-6-8-15(9-7-14)16(19)11-18-13(3)17-5-4-10-20-17/h4-10,12-13,16,18-19H,11H2,1-3H3/t13-,16?/m1/s1. The molecule has 0 bridgehead atoms. The smallest absolute Gasteiger partial charge is 0.120 e. The quantitative estimate of drug-likeness (QED) is 0.841. The average molecular weight is 273 g/mol. The van der Waals surface area contributed by atoms with Crippen molar-refractivity contribution >= 4 is 0 Å². The Kier molecular flexibility index (Phi) is 4.99. The first kappa shape index (κ1) is 14.8. The number of aliphatic hydroxyl groups is 1. The van der Waals surface area contributed by atoms with Crippen molar-refractivity contribution in [3.8, 4) is 0 Å². The second-order valence-electron chi connectivity index (χ2n) is 5.48. The lowest BCUT2D eigenvalue weighted by atomic mass is 10.00. The maximum absolute atomic E-state index is 10.2. The van der Waals surface area contributed by atoms with Gasteiger partial charge in [-0.1, -0.05) is 38.1 Å². The van der Waals surface area contributed by atoms with E-state index < -0.39 is 6.10 Å². The summed E-state index contributed by atoms with van der Waals surface area (Å²) in [4.78, 5) is 0. The zero-order chi connectivity index (χ0) is 14.5. The van der Waals surface area contributed by atoms with Gasteiger partial charge in [0, 0.05) is 6.54 Å². The van der Waals surface area contributed by atoms with Gasteiger partial charge in [-0.2, -0.15) is 0 Å². The fraction of sp³-hybridized carbons (Fsp3) is 0.412. The zero-order valence-corrected chi connectivity index (χ0v) is 12.3. The molecular weight excluding hydrogens is 250 g/mol. The minimum atomic E-state index is -0.506. The Morgan fingerprint density at radius 2 is 1.70 bits per heavy atom. The maximum Gasteiger partial charge on any atom is 0.120 e. The van der Waals surface area contributed by atoms with Crippen molar-refractivity contribution in [2.75, 3.05) is 6.54 Å². The third-order valence-electron chi connectivity index (χ3n) is 3.58. The predicted octanol–water partition coefficient (Wildman–Crippen LogP) is 3.79. The Morgan fingerprint density at radius 3 is 2.25 bits per heavy atom. The van der Waals surface area contributed by atoms with E-state index in [4.69, 9.17) is 4.42 Å². The summed E-state index contributed by atoms with van der Waals surface area (Å²) in [6.45, 7) is 6.85. The van der Waals surface area contributed by atoms with Gasteiger partial charge >= 0.3 is 0 Å². The second-order valence-corrected chi connectivity index (χ2v) is 5.48. The zero-order valence-electron chi connectivity index (χ0n) is 12.3. The molecule has 0 saturated carbocycles. The molecule has 3 heteroatoms. The average Bonchev–Trinajstić information content (AvgIpc) is 2.98. The van der Waals surface area contributed by atoms with Gasteiger partial charge in [0.2, 0.25) is 0 Å². The van der Waals surface area contributed by atoms with Gasteiger partial charge in [-0.05, 0) is 36.1 Å². The second kappa shape index (κ2) is 6.73. The summed E-state index contributed by atoms with van der Waals surface area (Å²) in [5.74, 6) is 1.39. The van der Waals surface area contributed by atoms with Crippen LogP contribution < -0.4 is 5.32 Å². The Hall–Kier alpha value is -1.58. The van der Waals surface area contributed by atoms with Crippen LogP contribution in [0, 0.1) is 0 Å². The lowest BCUT2D eigenvalue weighted by Gasteiger charge is -2.16. The van der Waals surface area contributed by atoms with Gasteiger partial charge in [0.25, 0.3) is 0 Å². The number of benzene rings is 1. The topological polar surface area (TPSA) is 45.4 Å². The number of furan rings is 1. The van der Waals surface area contributed by atoms with Crippen LogP contribution in [-0.4, -0.2) is 11.7 Å². The van der Waals surface area contributed by atoms with E-state index in [1.54, 1.807) is 6.26 Å². The van der Waals surface area contributed by atoms with Gasteiger partial charge in [-0.15, -0.1) is 0 Å². The molecule has 0 aliphatic rings. The summed E-state index contributed by atoms with van der Waals surface area (Å²) in [6.07, 6.45) is 1.16. The van der Waals surface area contributed by atoms with Gasteiger partial charge in [0.15, 0.2) is 0 Å². The fourth-order valence-electron chi connectivity index (χ4n) is 2.15. The lowest BCUT2D eigenvalue weighted by molar-refractivity contribution is 0.169. The third-order valence-corrected chi connectivity index (χ3v) is 3.58. The van der Waals surface area contributed by atoms with E-state index in [1.807, 2.05) is 31.2 Å². The van der Waals surface area contributed by atoms with Crippen LogP contribution in [0.25, 0.3) is 0 Å². The van der Waals surface area contributed by atoms with E-state index in [-0.39, 0.29) is 6.04 Å². The summed E-state index contributed by atoms with van der Waals surface area (Å²) in [6, 6.07) is 12.1. The predicted molar refractivity (Wildman–Crippen MR) is 80.6 cm³/mol. The molecule has 2 aromatic rings. The number of aliphatic hydroxyl groups excluding tert-OH is 1. The molecule has 0 amide bonds. The minimum absolute atomic E-state index is 0.0922. The van der Waals surface area contributed by atoms with Crippen molar-refractivity contribution in [3.05, 3.63) is 59.5 Å². The van der Waals surface area contributed by atoms with Gasteiger partial charge in [-0.3, -0.25) is 0 Å². The van der Waals surface area contributed by atoms with Crippen LogP contribution in [0.4, 0.5) is 0 Å². The highest BCUT2D eigenvalue weighted by molar-refractivity contribution is 5.26. The maximum atomic E-state index is 10.2. The summed E-state index contributed by atoms with van der Waals surface area (Å²) in [5, 5.41) is 13.5. The van der Waals surface area contributed by atoms with Crippen molar-refractivity contribution in [1.82, 2.24) is 5.32 Å². The first-order valence-electron chi connectivity index (χ1n) is 7.12. The number of nitrogens with one attached hydrogen (secondary N) is 1. The highest BCUT2D eigenvalue weighted by Crippen LogP contribution is 2.19. The van der Waals surface area contributed by atoms with Crippen LogP contribution >= 0.6 is 0 Å². The highest BCUT2D eigenvalue weighted by atomic mass is 16.3. The summed E-state index contributed by atoms with van der Waals surface area (Å²) in [7, 11) is 0. The van der Waals surface area contributed by atoms with Crippen LogP contribution in [0.5, 0.6) is 0 Å². The van der Waals surface area contributed by atoms with E-state index in [9.17, 15) is 5.11 Å². The highest BCUT2D eigenvalue weighted by Gasteiger charge is 2.12. The van der Waals surface area contributed by atoms with Crippen molar-refractivity contribution in [1.29, 1.82) is 0 Å². The van der Waals surface area contributed by atoms with Crippen LogP contribution in [-0.2, 0) is 0 Å². The molecule has 1 aromatic heterocycles. The molecule has 2 rings (SSSR count). The molecule has 1 aromatic carbocycles. The Morgan fingerprint density at radius 1 is 1.05 bits per heavy atom. The molecule has 0 aliphatic carbocycles. The van der Waals surface area contributed by atoms with E-state index >= 15 is 0 Å². The van der Waals surface area contributed by atoms with Crippen molar-refractivity contribution < 1.29 is 9.52 Å².